The predicted octanol–water partition coefficient (Wildman–Crippen LogP) is 0.426. The highest BCUT2D eigenvalue weighted by atomic mass is 16.8. The van der Waals surface area contributed by atoms with Gasteiger partial charge in [-0.25, -0.2) is 0 Å². The Morgan fingerprint density at radius 2 is 1.52 bits per heavy atom. The molecule has 1 spiro atoms. The minimum atomic E-state index is -1.71. The van der Waals surface area contributed by atoms with Crippen LogP contribution in [0.2, 0.25) is 0 Å². The molecule has 0 aromatic carbocycles. The number of aliphatic hydroxyl groups is 8. The zero-order chi connectivity index (χ0) is 42.6. The van der Waals surface area contributed by atoms with Gasteiger partial charge in [-0.3, -0.25) is 5.32 Å². The fraction of sp³-hybridized carbons (Fsp3) is 0.955. The van der Waals surface area contributed by atoms with Crippen molar-refractivity contribution in [3.8, 4) is 0 Å². The zero-order valence-electron chi connectivity index (χ0n) is 35.7. The molecule has 0 bridgehead atoms. The average Bonchev–Trinajstić information content (AvgIpc) is 3.68. The number of aliphatic hydroxyl groups excluding tert-OH is 8. The standard InChI is InChI=1S/C44H71NO15/c1-19-8-13-44(45-16-19)20(2)30-28(60-44)15-26-24-7-6-22-14-23(9-11-42(22,4)25(24)10-12-43(26,30)5)56-41-38(59-40-36(53)34(51)31(48)21(3)55-40)37(33(50)29(17-46)57-41)58-39-35(52)32(49)27(47)18-54-39/h6,19-21,23-41,45-53H,7-18H2,1-5H3/t19-,20+,21+,23+,24-,25+,26+,27-,28+,29-,30+,31+,32+,33+,34-,35-,36-,37+,38-,39+,40+,41-,42+,43+,44-/m1/s1. The zero-order valence-corrected chi connectivity index (χ0v) is 35.7. The van der Waals surface area contributed by atoms with Crippen LogP contribution in [0.5, 0.6) is 0 Å². The summed E-state index contributed by atoms with van der Waals surface area (Å²) in [6.07, 6.45) is -9.06. The maximum absolute atomic E-state index is 11.5. The second-order valence-electron chi connectivity index (χ2n) is 20.8. The molecule has 0 radical (unpaired) electrons. The normalized spacial score (nSPS) is 57.9. The van der Waals surface area contributed by atoms with Gasteiger partial charge in [-0.05, 0) is 105 Å². The number of hydrogen-bond acceptors (Lipinski definition) is 16. The largest absolute Gasteiger partial charge is 0.394 e. The van der Waals surface area contributed by atoms with Crippen LogP contribution in [0.1, 0.15) is 92.4 Å². The summed E-state index contributed by atoms with van der Waals surface area (Å²) in [6.45, 7) is 11.3. The van der Waals surface area contributed by atoms with Gasteiger partial charge in [0.25, 0.3) is 0 Å². The number of rotatable bonds is 7. The Hall–Kier alpha value is -0.900. The molecule has 342 valence electrons. The van der Waals surface area contributed by atoms with Gasteiger partial charge in [-0.15, -0.1) is 0 Å². The van der Waals surface area contributed by atoms with E-state index in [9.17, 15) is 40.9 Å². The van der Waals surface area contributed by atoms with E-state index in [0.717, 1.165) is 32.2 Å². The summed E-state index contributed by atoms with van der Waals surface area (Å²) in [7, 11) is 0. The van der Waals surface area contributed by atoms with Crippen LogP contribution in [0.4, 0.5) is 0 Å². The summed E-state index contributed by atoms with van der Waals surface area (Å²) in [6, 6.07) is 0. The SMILES string of the molecule is C[C@@H]1CC[C@@]2(NC1)O[C@H]1C[C@H]3[C@@H]4CC=C5C[C@@H](O[C@@H]6O[C@H](CO)[C@H](O)[C@H](O[C@@H]7OC[C@@H](O)[C@H](O)[C@H]7O)[C@H]6O[C@@H]6O[C@@H](C)[C@H](O)[C@@H](O)[C@H]6O)CC[C@]5(C)[C@H]4CC[C@]3(C)[C@H]1[C@@H]2C. The van der Waals surface area contributed by atoms with Crippen LogP contribution in [0.15, 0.2) is 11.6 Å². The third-order valence-corrected chi connectivity index (χ3v) is 17.5. The molecule has 5 aliphatic heterocycles. The molecular weight excluding hydrogens is 782 g/mol. The van der Waals surface area contributed by atoms with Gasteiger partial charge < -0.3 is 74.0 Å². The van der Waals surface area contributed by atoms with E-state index in [-0.39, 0.29) is 35.4 Å². The number of piperidine rings is 1. The van der Waals surface area contributed by atoms with Crippen LogP contribution in [-0.4, -0.2) is 165 Å². The first-order valence-corrected chi connectivity index (χ1v) is 22.9. The summed E-state index contributed by atoms with van der Waals surface area (Å²) in [5.41, 5.74) is 1.39. The molecule has 9 N–H and O–H groups in total. The number of nitrogens with one attached hydrogen (secondary N) is 1. The van der Waals surface area contributed by atoms with Crippen molar-refractivity contribution >= 4 is 0 Å². The molecule has 0 aromatic heterocycles. The smallest absolute Gasteiger partial charge is 0.187 e. The molecule has 8 fully saturated rings. The van der Waals surface area contributed by atoms with E-state index in [1.54, 1.807) is 0 Å². The Labute approximate surface area is 352 Å². The highest BCUT2D eigenvalue weighted by molar-refractivity contribution is 5.26. The van der Waals surface area contributed by atoms with E-state index >= 15 is 0 Å². The third kappa shape index (κ3) is 7.19. The molecule has 5 heterocycles. The van der Waals surface area contributed by atoms with Crippen LogP contribution in [-0.2, 0) is 33.2 Å². The van der Waals surface area contributed by atoms with Gasteiger partial charge in [0, 0.05) is 12.5 Å². The Kier molecular flexibility index (Phi) is 12.2. The Bertz CT molecular complexity index is 1560. The molecule has 60 heavy (non-hydrogen) atoms. The molecule has 16 nitrogen and oxygen atoms in total. The minimum Gasteiger partial charge on any atom is -0.394 e. The van der Waals surface area contributed by atoms with Crippen LogP contribution < -0.4 is 5.32 Å². The van der Waals surface area contributed by atoms with Crippen molar-refractivity contribution in [1.82, 2.24) is 5.32 Å². The van der Waals surface area contributed by atoms with Crippen molar-refractivity contribution < 1.29 is 74.0 Å². The lowest BCUT2D eigenvalue weighted by Crippen LogP contribution is -2.66. The summed E-state index contributed by atoms with van der Waals surface area (Å²) >= 11 is 0. The van der Waals surface area contributed by atoms with Crippen molar-refractivity contribution in [3.05, 3.63) is 11.6 Å². The molecule has 3 saturated carbocycles. The fourth-order valence-electron chi connectivity index (χ4n) is 13.9. The first kappa shape index (κ1) is 44.3. The van der Waals surface area contributed by atoms with E-state index in [1.807, 2.05) is 0 Å². The molecule has 16 heteroatoms. The fourth-order valence-corrected chi connectivity index (χ4v) is 13.9. The van der Waals surface area contributed by atoms with E-state index in [2.05, 4.69) is 39.1 Å². The highest BCUT2D eigenvalue weighted by Crippen LogP contribution is 2.70. The molecule has 0 amide bonds. The lowest BCUT2D eigenvalue weighted by Gasteiger charge is -2.59. The van der Waals surface area contributed by atoms with Crippen molar-refractivity contribution in [2.45, 2.75) is 196 Å². The van der Waals surface area contributed by atoms with Crippen molar-refractivity contribution in [3.63, 3.8) is 0 Å². The number of ether oxygens (including phenoxy) is 7. The molecule has 9 rings (SSSR count). The first-order chi connectivity index (χ1) is 28.5. The molecule has 25 atom stereocenters. The van der Waals surface area contributed by atoms with E-state index < -0.39 is 92.6 Å². The number of allylic oxidation sites excluding steroid dienone is 1. The van der Waals surface area contributed by atoms with Gasteiger partial charge >= 0.3 is 0 Å². The van der Waals surface area contributed by atoms with Crippen LogP contribution in [0.3, 0.4) is 0 Å². The molecule has 0 aromatic rings. The van der Waals surface area contributed by atoms with Crippen molar-refractivity contribution in [1.29, 1.82) is 0 Å². The van der Waals surface area contributed by atoms with Crippen molar-refractivity contribution in [2.24, 2.45) is 46.3 Å². The molecular formula is C44H71NO15. The quantitative estimate of drug-likeness (QED) is 0.158. The third-order valence-electron chi connectivity index (χ3n) is 17.5. The minimum absolute atomic E-state index is 0.0115. The average molecular weight is 854 g/mol. The molecule has 0 unspecified atom stereocenters. The monoisotopic (exact) mass is 853 g/mol. The van der Waals surface area contributed by atoms with Crippen LogP contribution in [0, 0.1) is 46.3 Å². The maximum atomic E-state index is 11.5. The lowest BCUT2D eigenvalue weighted by molar-refractivity contribution is -0.390. The Balaban J connectivity index is 0.932. The van der Waals surface area contributed by atoms with Crippen LogP contribution >= 0.6 is 0 Å². The second-order valence-corrected chi connectivity index (χ2v) is 20.8. The number of fused-ring (bicyclic) bond motifs is 7. The van der Waals surface area contributed by atoms with E-state index in [1.165, 1.54) is 31.8 Å². The van der Waals surface area contributed by atoms with Crippen molar-refractivity contribution in [2.75, 3.05) is 19.8 Å². The van der Waals surface area contributed by atoms with Gasteiger partial charge in [0.15, 0.2) is 18.9 Å². The van der Waals surface area contributed by atoms with E-state index in [0.29, 0.717) is 48.3 Å². The van der Waals surface area contributed by atoms with E-state index in [4.69, 9.17) is 33.2 Å². The van der Waals surface area contributed by atoms with Gasteiger partial charge in [0.05, 0.1) is 31.5 Å². The van der Waals surface area contributed by atoms with Gasteiger partial charge in [-0.2, -0.15) is 0 Å². The van der Waals surface area contributed by atoms with Gasteiger partial charge in [-0.1, -0.05) is 39.3 Å². The Morgan fingerprint density at radius 3 is 2.25 bits per heavy atom. The summed E-state index contributed by atoms with van der Waals surface area (Å²) < 4.78 is 43.7. The Morgan fingerprint density at radius 1 is 0.767 bits per heavy atom. The van der Waals surface area contributed by atoms with Gasteiger partial charge in [0.1, 0.15) is 66.8 Å². The lowest BCUT2D eigenvalue weighted by atomic mass is 9.47. The van der Waals surface area contributed by atoms with Crippen LogP contribution in [0.25, 0.3) is 0 Å². The second kappa shape index (κ2) is 16.5. The molecule has 9 aliphatic rings. The summed E-state index contributed by atoms with van der Waals surface area (Å²) in [5, 5.41) is 89.0. The summed E-state index contributed by atoms with van der Waals surface area (Å²) in [4.78, 5) is 0. The first-order valence-electron chi connectivity index (χ1n) is 22.9. The van der Waals surface area contributed by atoms with Gasteiger partial charge in [0.2, 0.25) is 0 Å². The molecule has 5 saturated heterocycles. The number of hydrogen-bond donors (Lipinski definition) is 9. The molecule has 4 aliphatic carbocycles. The topological polar surface area (TPSA) is 238 Å². The summed E-state index contributed by atoms with van der Waals surface area (Å²) in [5.74, 6) is 3.41. The highest BCUT2D eigenvalue weighted by Gasteiger charge is 2.68. The maximum Gasteiger partial charge on any atom is 0.187 e. The predicted molar refractivity (Wildman–Crippen MR) is 210 cm³/mol.